The predicted molar refractivity (Wildman–Crippen MR) is 88.1 cm³/mol. The Balaban J connectivity index is 2.20. The molecule has 0 aliphatic carbocycles. The number of hydrogen-bond acceptors (Lipinski definition) is 6. The number of carbonyl (C=O) groups excluding carboxylic acids is 3. The highest BCUT2D eigenvalue weighted by Crippen LogP contribution is 2.12. The van der Waals surface area contributed by atoms with Gasteiger partial charge in [-0.2, -0.15) is 0 Å². The van der Waals surface area contributed by atoms with Gasteiger partial charge < -0.3 is 20.3 Å². The molecule has 3 N–H and O–H groups in total. The molecule has 2 aromatic rings. The van der Waals surface area contributed by atoms with Gasteiger partial charge in [0.15, 0.2) is 0 Å². The summed E-state index contributed by atoms with van der Waals surface area (Å²) in [7, 11) is 0. The number of esters is 2. The van der Waals surface area contributed by atoms with E-state index in [0.717, 1.165) is 0 Å². The standard InChI is InChI=1S/C18H15NO7/c19-15(20)13(25-17(23)11-7-3-1-4-8-11)14(16(21)22)26-18(24)12-9-5-2-6-10-12/h1-10,13-14H,(H2,19,20)(H,21,22)/t13-,14-/m0/s1. The van der Waals surface area contributed by atoms with Crippen molar-refractivity contribution in [1.82, 2.24) is 0 Å². The molecule has 0 aliphatic heterocycles. The van der Waals surface area contributed by atoms with Crippen LogP contribution in [0.1, 0.15) is 20.7 Å². The second kappa shape index (κ2) is 8.43. The summed E-state index contributed by atoms with van der Waals surface area (Å²) in [6, 6.07) is 15.1. The van der Waals surface area contributed by atoms with Gasteiger partial charge in [0.1, 0.15) is 0 Å². The molecule has 1 amide bonds. The van der Waals surface area contributed by atoms with Crippen LogP contribution in [0.4, 0.5) is 0 Å². The maximum absolute atomic E-state index is 12.1. The van der Waals surface area contributed by atoms with E-state index in [2.05, 4.69) is 0 Å². The average molecular weight is 357 g/mol. The van der Waals surface area contributed by atoms with E-state index in [-0.39, 0.29) is 11.1 Å². The predicted octanol–water partition coefficient (Wildman–Crippen LogP) is 1.01. The highest BCUT2D eigenvalue weighted by atomic mass is 16.6. The Morgan fingerprint density at radius 3 is 1.46 bits per heavy atom. The van der Waals surface area contributed by atoms with Crippen LogP contribution in [0.2, 0.25) is 0 Å². The van der Waals surface area contributed by atoms with Crippen LogP contribution in [-0.2, 0) is 19.1 Å². The van der Waals surface area contributed by atoms with Gasteiger partial charge in [-0.1, -0.05) is 36.4 Å². The number of rotatable bonds is 7. The first kappa shape index (κ1) is 18.7. The summed E-state index contributed by atoms with van der Waals surface area (Å²) in [6.07, 6.45) is -4.08. The Kier molecular flexibility index (Phi) is 6.05. The van der Waals surface area contributed by atoms with Crippen LogP contribution in [0.15, 0.2) is 60.7 Å². The summed E-state index contributed by atoms with van der Waals surface area (Å²) in [5, 5.41) is 9.30. The van der Waals surface area contributed by atoms with E-state index in [4.69, 9.17) is 15.2 Å². The average Bonchev–Trinajstić information content (AvgIpc) is 2.65. The number of aliphatic carboxylic acids is 1. The third-order valence-corrected chi connectivity index (χ3v) is 3.29. The number of carboxylic acids is 1. The fourth-order valence-electron chi connectivity index (χ4n) is 2.03. The monoisotopic (exact) mass is 357 g/mol. The van der Waals surface area contributed by atoms with E-state index in [0.29, 0.717) is 0 Å². The topological polar surface area (TPSA) is 133 Å². The van der Waals surface area contributed by atoms with Crippen LogP contribution in [0, 0.1) is 0 Å². The third kappa shape index (κ3) is 4.67. The van der Waals surface area contributed by atoms with Crippen LogP contribution >= 0.6 is 0 Å². The van der Waals surface area contributed by atoms with Crippen molar-refractivity contribution in [3.63, 3.8) is 0 Å². The summed E-state index contributed by atoms with van der Waals surface area (Å²) in [5.74, 6) is -4.92. The van der Waals surface area contributed by atoms with Crippen molar-refractivity contribution in [3.05, 3.63) is 71.8 Å². The van der Waals surface area contributed by atoms with Gasteiger partial charge in [-0.15, -0.1) is 0 Å². The number of nitrogens with two attached hydrogens (primary N) is 1. The number of benzene rings is 2. The molecule has 134 valence electrons. The molecular weight excluding hydrogens is 342 g/mol. The number of carbonyl (C=O) groups is 4. The van der Waals surface area contributed by atoms with Gasteiger partial charge >= 0.3 is 17.9 Å². The lowest BCUT2D eigenvalue weighted by atomic mass is 10.1. The molecule has 0 unspecified atom stereocenters. The fourth-order valence-corrected chi connectivity index (χ4v) is 2.03. The SMILES string of the molecule is NC(=O)[C@@H](OC(=O)c1ccccc1)[C@H](OC(=O)c1ccccc1)C(=O)O. The summed E-state index contributed by atoms with van der Waals surface area (Å²) >= 11 is 0. The van der Waals surface area contributed by atoms with Crippen molar-refractivity contribution >= 4 is 23.8 Å². The van der Waals surface area contributed by atoms with Crippen LogP contribution < -0.4 is 5.73 Å². The molecule has 0 aromatic heterocycles. The molecule has 0 radical (unpaired) electrons. The van der Waals surface area contributed by atoms with Crippen molar-refractivity contribution in [3.8, 4) is 0 Å². The highest BCUT2D eigenvalue weighted by molar-refractivity contribution is 5.96. The molecule has 8 nitrogen and oxygen atoms in total. The second-order valence-electron chi connectivity index (χ2n) is 5.12. The van der Waals surface area contributed by atoms with Gasteiger partial charge in [0.25, 0.3) is 5.91 Å². The molecule has 0 saturated carbocycles. The van der Waals surface area contributed by atoms with E-state index in [1.54, 1.807) is 36.4 Å². The first-order chi connectivity index (χ1) is 12.4. The molecule has 0 spiro atoms. The largest absolute Gasteiger partial charge is 0.478 e. The van der Waals surface area contributed by atoms with Gasteiger partial charge in [-0.05, 0) is 24.3 Å². The Bertz CT molecular complexity index is 735. The Hall–Kier alpha value is -3.68. The summed E-state index contributed by atoms with van der Waals surface area (Å²) in [6.45, 7) is 0. The molecule has 0 saturated heterocycles. The molecule has 0 heterocycles. The van der Waals surface area contributed by atoms with Crippen LogP contribution in [0.3, 0.4) is 0 Å². The van der Waals surface area contributed by atoms with Gasteiger partial charge in [0.05, 0.1) is 11.1 Å². The number of carboxylic acid groups (broad SMARTS) is 1. The van der Waals surface area contributed by atoms with E-state index in [1.807, 2.05) is 0 Å². The highest BCUT2D eigenvalue weighted by Gasteiger charge is 2.39. The molecule has 2 rings (SSSR count). The Labute approximate surface area is 148 Å². The molecular formula is C18H15NO7. The van der Waals surface area contributed by atoms with E-state index < -0.39 is 36.0 Å². The van der Waals surface area contributed by atoms with Crippen molar-refractivity contribution in [2.45, 2.75) is 12.2 Å². The first-order valence-electron chi connectivity index (χ1n) is 7.44. The quantitative estimate of drug-likeness (QED) is 0.706. The molecule has 0 bridgehead atoms. The van der Waals surface area contributed by atoms with Crippen molar-refractivity contribution < 1.29 is 33.8 Å². The Morgan fingerprint density at radius 1 is 0.731 bits per heavy atom. The molecule has 2 atom stereocenters. The van der Waals surface area contributed by atoms with E-state index >= 15 is 0 Å². The minimum atomic E-state index is -2.09. The summed E-state index contributed by atoms with van der Waals surface area (Å²) < 4.78 is 9.73. The lowest BCUT2D eigenvalue weighted by Crippen LogP contribution is -2.48. The summed E-state index contributed by atoms with van der Waals surface area (Å²) in [4.78, 5) is 47.2. The van der Waals surface area contributed by atoms with Gasteiger partial charge in [0, 0.05) is 0 Å². The normalized spacial score (nSPS) is 12.5. The zero-order valence-corrected chi connectivity index (χ0v) is 13.4. The van der Waals surface area contributed by atoms with Gasteiger partial charge in [-0.3, -0.25) is 4.79 Å². The van der Waals surface area contributed by atoms with E-state index in [1.165, 1.54) is 24.3 Å². The van der Waals surface area contributed by atoms with Gasteiger partial charge in [0.2, 0.25) is 12.2 Å². The number of primary amides is 1. The smallest absolute Gasteiger partial charge is 0.349 e. The zero-order valence-electron chi connectivity index (χ0n) is 13.4. The second-order valence-corrected chi connectivity index (χ2v) is 5.12. The van der Waals surface area contributed by atoms with Crippen LogP contribution in [-0.4, -0.2) is 41.1 Å². The maximum Gasteiger partial charge on any atom is 0.349 e. The molecule has 2 aromatic carbocycles. The minimum absolute atomic E-state index is 0.0661. The zero-order chi connectivity index (χ0) is 19.1. The first-order valence-corrected chi connectivity index (χ1v) is 7.44. The number of hydrogen-bond donors (Lipinski definition) is 2. The Morgan fingerprint density at radius 2 is 1.12 bits per heavy atom. The van der Waals surface area contributed by atoms with Crippen LogP contribution in [0.25, 0.3) is 0 Å². The van der Waals surface area contributed by atoms with Crippen LogP contribution in [0.5, 0.6) is 0 Å². The van der Waals surface area contributed by atoms with E-state index in [9.17, 15) is 24.3 Å². The number of amides is 1. The molecule has 0 aliphatic rings. The lowest BCUT2D eigenvalue weighted by molar-refractivity contribution is -0.158. The summed E-state index contributed by atoms with van der Waals surface area (Å²) in [5.41, 5.74) is 5.29. The maximum atomic E-state index is 12.1. The minimum Gasteiger partial charge on any atom is -0.478 e. The third-order valence-electron chi connectivity index (χ3n) is 3.29. The molecule has 0 fully saturated rings. The van der Waals surface area contributed by atoms with Gasteiger partial charge in [-0.25, -0.2) is 14.4 Å². The van der Waals surface area contributed by atoms with Crippen molar-refractivity contribution in [2.24, 2.45) is 5.73 Å². The van der Waals surface area contributed by atoms with Crippen molar-refractivity contribution in [2.75, 3.05) is 0 Å². The number of ether oxygens (including phenoxy) is 2. The fraction of sp³-hybridized carbons (Fsp3) is 0.111. The molecule has 8 heteroatoms. The van der Waals surface area contributed by atoms with Crippen molar-refractivity contribution in [1.29, 1.82) is 0 Å². The molecule has 26 heavy (non-hydrogen) atoms. The lowest BCUT2D eigenvalue weighted by Gasteiger charge is -2.21.